The molecule has 4 nitrogen and oxygen atoms in total. The first kappa shape index (κ1) is 12.4. The Morgan fingerprint density at radius 3 is 2.61 bits per heavy atom. The highest BCUT2D eigenvalue weighted by molar-refractivity contribution is 5.62. The molecular weight excluding hydrogens is 240 g/mol. The van der Waals surface area contributed by atoms with E-state index < -0.39 is 11.6 Å². The normalized spacial score (nSPS) is 10.7. The van der Waals surface area contributed by atoms with Gasteiger partial charge in [-0.3, -0.25) is 4.79 Å². The fraction of sp³-hybridized carbons (Fsp3) is 0.167. The second kappa shape index (κ2) is 4.66. The Morgan fingerprint density at radius 2 is 2.00 bits per heavy atom. The summed E-state index contributed by atoms with van der Waals surface area (Å²) >= 11 is 0. The molecule has 6 heteroatoms. The molecule has 2 aromatic rings. The van der Waals surface area contributed by atoms with Crippen molar-refractivity contribution in [2.24, 2.45) is 12.8 Å². The van der Waals surface area contributed by atoms with Crippen LogP contribution in [-0.2, 0) is 13.6 Å². The molecule has 0 saturated carbocycles. The van der Waals surface area contributed by atoms with Crippen molar-refractivity contribution in [3.8, 4) is 11.3 Å². The molecule has 2 rings (SSSR count). The van der Waals surface area contributed by atoms with Crippen molar-refractivity contribution in [1.82, 2.24) is 9.78 Å². The van der Waals surface area contributed by atoms with Crippen molar-refractivity contribution in [2.45, 2.75) is 6.54 Å². The van der Waals surface area contributed by atoms with Gasteiger partial charge in [-0.15, -0.1) is 0 Å². The largest absolute Gasteiger partial charge is 0.326 e. The van der Waals surface area contributed by atoms with Gasteiger partial charge in [-0.2, -0.15) is 5.10 Å². The van der Waals surface area contributed by atoms with E-state index in [4.69, 9.17) is 5.73 Å². The Hall–Kier alpha value is -2.08. The minimum atomic E-state index is -0.967. The molecule has 0 aliphatic rings. The molecular formula is C12H11F2N3O. The molecule has 0 atom stereocenters. The molecule has 0 saturated heterocycles. The van der Waals surface area contributed by atoms with Crippen LogP contribution in [0.5, 0.6) is 0 Å². The average Bonchev–Trinajstić information content (AvgIpc) is 2.35. The maximum atomic E-state index is 13.2. The van der Waals surface area contributed by atoms with Crippen LogP contribution in [-0.4, -0.2) is 9.78 Å². The van der Waals surface area contributed by atoms with E-state index in [1.807, 2.05) is 0 Å². The zero-order valence-corrected chi connectivity index (χ0v) is 9.65. The topological polar surface area (TPSA) is 60.9 Å². The Kier molecular flexibility index (Phi) is 3.20. The predicted molar refractivity (Wildman–Crippen MR) is 62.7 cm³/mol. The Balaban J connectivity index is 2.66. The van der Waals surface area contributed by atoms with Crippen LogP contribution in [0.15, 0.2) is 29.1 Å². The van der Waals surface area contributed by atoms with Crippen LogP contribution < -0.4 is 11.3 Å². The second-order valence-electron chi connectivity index (χ2n) is 3.81. The van der Waals surface area contributed by atoms with E-state index in [1.54, 1.807) is 0 Å². The van der Waals surface area contributed by atoms with Crippen molar-refractivity contribution in [3.63, 3.8) is 0 Å². The summed E-state index contributed by atoms with van der Waals surface area (Å²) in [6, 6.07) is 4.77. The van der Waals surface area contributed by atoms with Crippen LogP contribution in [0.2, 0.25) is 0 Å². The Labute approximate surface area is 102 Å². The molecule has 0 aliphatic heterocycles. The average molecular weight is 251 g/mol. The molecule has 1 heterocycles. The molecule has 0 amide bonds. The number of halogens is 2. The molecule has 94 valence electrons. The molecule has 0 spiro atoms. The van der Waals surface area contributed by atoms with Gasteiger partial charge in [-0.05, 0) is 23.8 Å². The maximum Gasteiger partial charge on any atom is 0.266 e. The van der Waals surface area contributed by atoms with Gasteiger partial charge in [0.25, 0.3) is 5.56 Å². The molecule has 0 bridgehead atoms. The van der Waals surface area contributed by atoms with E-state index in [0.29, 0.717) is 16.8 Å². The number of hydrogen-bond acceptors (Lipinski definition) is 3. The zero-order chi connectivity index (χ0) is 13.3. The summed E-state index contributed by atoms with van der Waals surface area (Å²) in [5, 5.41) is 4.02. The van der Waals surface area contributed by atoms with Crippen LogP contribution in [0, 0.1) is 11.6 Å². The minimum absolute atomic E-state index is 0.0947. The summed E-state index contributed by atoms with van der Waals surface area (Å²) in [5.41, 5.74) is 6.46. The van der Waals surface area contributed by atoms with Crippen LogP contribution in [0.3, 0.4) is 0 Å². The van der Waals surface area contributed by atoms with Crippen molar-refractivity contribution in [1.29, 1.82) is 0 Å². The van der Waals surface area contributed by atoms with E-state index >= 15 is 0 Å². The lowest BCUT2D eigenvalue weighted by Gasteiger charge is -2.08. The standard InChI is InChI=1S/C12H11F2N3O/c1-17-11(18)5-8(6-15)12(16-17)7-2-3-9(13)10(14)4-7/h2-5H,6,15H2,1H3. The van der Waals surface area contributed by atoms with E-state index in [2.05, 4.69) is 5.10 Å². The monoisotopic (exact) mass is 251 g/mol. The smallest absolute Gasteiger partial charge is 0.266 e. The van der Waals surface area contributed by atoms with Gasteiger partial charge in [-0.1, -0.05) is 0 Å². The zero-order valence-electron chi connectivity index (χ0n) is 9.65. The fourth-order valence-electron chi connectivity index (χ4n) is 1.62. The highest BCUT2D eigenvalue weighted by atomic mass is 19.2. The number of aryl methyl sites for hydroxylation is 1. The molecule has 0 radical (unpaired) electrons. The fourth-order valence-corrected chi connectivity index (χ4v) is 1.62. The van der Waals surface area contributed by atoms with Gasteiger partial charge in [0.2, 0.25) is 0 Å². The number of nitrogens with zero attached hydrogens (tertiary/aromatic N) is 2. The second-order valence-corrected chi connectivity index (χ2v) is 3.81. The molecule has 1 aromatic heterocycles. The summed E-state index contributed by atoms with van der Waals surface area (Å²) in [6.45, 7) is 0.0947. The van der Waals surface area contributed by atoms with Crippen molar-refractivity contribution >= 4 is 0 Å². The van der Waals surface area contributed by atoms with E-state index in [1.165, 1.54) is 19.2 Å². The summed E-state index contributed by atoms with van der Waals surface area (Å²) < 4.78 is 27.2. The summed E-state index contributed by atoms with van der Waals surface area (Å²) in [6.07, 6.45) is 0. The van der Waals surface area contributed by atoms with Crippen LogP contribution in [0.25, 0.3) is 11.3 Å². The minimum Gasteiger partial charge on any atom is -0.326 e. The predicted octanol–water partition coefficient (Wildman–Crippen LogP) is 1.18. The first-order chi connectivity index (χ1) is 8.52. The SMILES string of the molecule is Cn1nc(-c2ccc(F)c(F)c2)c(CN)cc1=O. The molecule has 0 fully saturated rings. The molecule has 2 N–H and O–H groups in total. The summed E-state index contributed by atoms with van der Waals surface area (Å²) in [7, 11) is 1.48. The van der Waals surface area contributed by atoms with Crippen LogP contribution in [0.4, 0.5) is 8.78 Å². The van der Waals surface area contributed by atoms with E-state index in [9.17, 15) is 13.6 Å². The quantitative estimate of drug-likeness (QED) is 0.872. The number of aromatic nitrogens is 2. The first-order valence-electron chi connectivity index (χ1n) is 5.25. The summed E-state index contributed by atoms with van der Waals surface area (Å²) in [5.74, 6) is -1.90. The van der Waals surface area contributed by atoms with Gasteiger partial charge in [0.1, 0.15) is 0 Å². The van der Waals surface area contributed by atoms with Gasteiger partial charge in [0.15, 0.2) is 11.6 Å². The molecule has 1 aromatic carbocycles. The van der Waals surface area contributed by atoms with Crippen molar-refractivity contribution < 1.29 is 8.78 Å². The third-order valence-electron chi connectivity index (χ3n) is 2.58. The van der Waals surface area contributed by atoms with Gasteiger partial charge in [0, 0.05) is 25.2 Å². The van der Waals surface area contributed by atoms with E-state index in [-0.39, 0.29) is 12.1 Å². The van der Waals surface area contributed by atoms with Gasteiger partial charge in [0.05, 0.1) is 5.69 Å². The number of benzene rings is 1. The van der Waals surface area contributed by atoms with Crippen LogP contribution in [0.1, 0.15) is 5.56 Å². The lowest BCUT2D eigenvalue weighted by molar-refractivity contribution is 0.509. The number of rotatable bonds is 2. The van der Waals surface area contributed by atoms with Gasteiger partial charge in [-0.25, -0.2) is 13.5 Å². The summed E-state index contributed by atoms with van der Waals surface area (Å²) in [4.78, 5) is 11.4. The lowest BCUT2D eigenvalue weighted by atomic mass is 10.1. The number of hydrogen-bond donors (Lipinski definition) is 1. The number of nitrogens with two attached hydrogens (primary N) is 1. The van der Waals surface area contributed by atoms with Crippen molar-refractivity contribution in [3.05, 3.63) is 51.8 Å². The molecule has 0 aliphatic carbocycles. The maximum absolute atomic E-state index is 13.2. The van der Waals surface area contributed by atoms with Gasteiger partial charge < -0.3 is 5.73 Å². The van der Waals surface area contributed by atoms with Crippen molar-refractivity contribution in [2.75, 3.05) is 0 Å². The molecule has 0 unspecified atom stereocenters. The third-order valence-corrected chi connectivity index (χ3v) is 2.58. The third kappa shape index (κ3) is 2.14. The van der Waals surface area contributed by atoms with Crippen LogP contribution >= 0.6 is 0 Å². The van der Waals surface area contributed by atoms with E-state index in [0.717, 1.165) is 16.8 Å². The Morgan fingerprint density at radius 1 is 1.28 bits per heavy atom. The highest BCUT2D eigenvalue weighted by Crippen LogP contribution is 2.21. The molecule has 18 heavy (non-hydrogen) atoms. The first-order valence-corrected chi connectivity index (χ1v) is 5.25. The lowest BCUT2D eigenvalue weighted by Crippen LogP contribution is -2.21. The Bertz CT molecular complexity index is 652. The highest BCUT2D eigenvalue weighted by Gasteiger charge is 2.11. The van der Waals surface area contributed by atoms with Gasteiger partial charge >= 0.3 is 0 Å².